The van der Waals surface area contributed by atoms with E-state index >= 15 is 0 Å². The maximum absolute atomic E-state index is 12.8. The molecule has 0 saturated carbocycles. The first-order valence-electron chi connectivity index (χ1n) is 11.8. The summed E-state index contributed by atoms with van der Waals surface area (Å²) in [6.07, 6.45) is 0.847. The molecule has 1 aromatic rings. The number of nitrogens with zero attached hydrogens (tertiary/aromatic N) is 6. The second-order valence-electron chi connectivity index (χ2n) is 9.96. The van der Waals surface area contributed by atoms with E-state index < -0.39 is 11.5 Å². The Labute approximate surface area is 201 Å². The normalized spacial score (nSPS) is 20.3. The van der Waals surface area contributed by atoms with Crippen molar-refractivity contribution in [2.75, 3.05) is 58.8 Å². The fourth-order valence-corrected chi connectivity index (χ4v) is 4.07. The Balaban J connectivity index is 1.74. The van der Waals surface area contributed by atoms with E-state index in [1.165, 1.54) is 14.2 Å². The molecule has 0 aliphatic carbocycles. The van der Waals surface area contributed by atoms with Crippen molar-refractivity contribution >= 4 is 17.8 Å². The summed E-state index contributed by atoms with van der Waals surface area (Å²) in [7, 11) is 5.03. The van der Waals surface area contributed by atoms with Crippen LogP contribution in [-0.2, 0) is 9.57 Å². The molecule has 1 aromatic heterocycles. The molecule has 3 heterocycles. The van der Waals surface area contributed by atoms with Gasteiger partial charge >= 0.3 is 12.0 Å². The average molecular weight is 479 g/mol. The van der Waals surface area contributed by atoms with E-state index in [1.807, 2.05) is 20.8 Å². The van der Waals surface area contributed by atoms with Gasteiger partial charge in [0.2, 0.25) is 11.7 Å². The van der Waals surface area contributed by atoms with Crippen LogP contribution in [0.5, 0.6) is 5.88 Å². The summed E-state index contributed by atoms with van der Waals surface area (Å²) in [6, 6.07) is 2.02. The summed E-state index contributed by atoms with van der Waals surface area (Å²) in [4.78, 5) is 45.2. The highest BCUT2D eigenvalue weighted by Crippen LogP contribution is 2.25. The van der Waals surface area contributed by atoms with Crippen molar-refractivity contribution < 1.29 is 23.9 Å². The van der Waals surface area contributed by atoms with Gasteiger partial charge in [-0.2, -0.15) is 4.98 Å². The topological polar surface area (TPSA) is 101 Å². The molecule has 34 heavy (non-hydrogen) atoms. The van der Waals surface area contributed by atoms with Crippen molar-refractivity contribution in [1.82, 2.24) is 24.8 Å². The first-order valence-corrected chi connectivity index (χ1v) is 11.8. The Hall–Kier alpha value is -2.66. The lowest BCUT2D eigenvalue weighted by Crippen LogP contribution is -2.51. The molecular formula is C23H38N6O5. The van der Waals surface area contributed by atoms with E-state index in [1.54, 1.807) is 11.0 Å². The van der Waals surface area contributed by atoms with Crippen LogP contribution in [0, 0.1) is 0 Å². The molecule has 2 amide bonds. The van der Waals surface area contributed by atoms with Crippen LogP contribution in [0.2, 0.25) is 0 Å². The third-order valence-corrected chi connectivity index (χ3v) is 5.95. The SMILES string of the molecule is CON(C)C(=O)c1nc(OC2CCN(C(=O)OC(C)(C)C)CC2)cc(N2CCN(C)C[C@@H]2C)n1. The summed E-state index contributed by atoms with van der Waals surface area (Å²) < 4.78 is 11.7. The molecule has 190 valence electrons. The van der Waals surface area contributed by atoms with Crippen LogP contribution in [0.15, 0.2) is 6.07 Å². The summed E-state index contributed by atoms with van der Waals surface area (Å²) in [6.45, 7) is 11.3. The van der Waals surface area contributed by atoms with Gasteiger partial charge in [-0.1, -0.05) is 0 Å². The fourth-order valence-electron chi connectivity index (χ4n) is 4.07. The van der Waals surface area contributed by atoms with Crippen LogP contribution >= 0.6 is 0 Å². The maximum atomic E-state index is 12.8. The third-order valence-electron chi connectivity index (χ3n) is 5.95. The predicted molar refractivity (Wildman–Crippen MR) is 127 cm³/mol. The Morgan fingerprint density at radius 3 is 2.38 bits per heavy atom. The molecular weight excluding hydrogens is 440 g/mol. The number of hydrogen-bond acceptors (Lipinski definition) is 9. The fraction of sp³-hybridized carbons (Fsp3) is 0.739. The molecule has 2 aliphatic heterocycles. The Kier molecular flexibility index (Phi) is 8.19. The first kappa shape index (κ1) is 26.0. The van der Waals surface area contributed by atoms with Gasteiger partial charge in [0.15, 0.2) is 0 Å². The van der Waals surface area contributed by atoms with Gasteiger partial charge in [-0.05, 0) is 34.7 Å². The minimum absolute atomic E-state index is 0.0224. The Morgan fingerprint density at radius 1 is 1.12 bits per heavy atom. The Morgan fingerprint density at radius 2 is 1.79 bits per heavy atom. The number of anilines is 1. The van der Waals surface area contributed by atoms with Crippen LogP contribution < -0.4 is 9.64 Å². The van der Waals surface area contributed by atoms with E-state index in [9.17, 15) is 9.59 Å². The molecule has 11 nitrogen and oxygen atoms in total. The lowest BCUT2D eigenvalue weighted by molar-refractivity contribution is -0.0764. The highest BCUT2D eigenvalue weighted by Gasteiger charge is 2.30. The second kappa shape index (κ2) is 10.7. The monoisotopic (exact) mass is 478 g/mol. The number of carbonyl (C=O) groups is 2. The highest BCUT2D eigenvalue weighted by molar-refractivity contribution is 5.90. The van der Waals surface area contributed by atoms with Gasteiger partial charge < -0.3 is 24.2 Å². The van der Waals surface area contributed by atoms with Gasteiger partial charge in [-0.25, -0.2) is 14.8 Å². The lowest BCUT2D eigenvalue weighted by Gasteiger charge is -2.39. The molecule has 0 N–H and O–H groups in total. The molecule has 2 saturated heterocycles. The summed E-state index contributed by atoms with van der Waals surface area (Å²) in [5.74, 6) is 0.578. The predicted octanol–water partition coefficient (Wildman–Crippen LogP) is 2.03. The molecule has 0 bridgehead atoms. The molecule has 0 aromatic carbocycles. The van der Waals surface area contributed by atoms with Crippen LogP contribution in [-0.4, -0.2) is 109 Å². The number of ether oxygens (including phenoxy) is 2. The smallest absolute Gasteiger partial charge is 0.410 e. The number of carbonyl (C=O) groups excluding carboxylic acids is 2. The molecule has 2 aliphatic rings. The summed E-state index contributed by atoms with van der Waals surface area (Å²) in [5, 5.41) is 1.09. The van der Waals surface area contributed by atoms with Crippen molar-refractivity contribution in [2.45, 2.75) is 58.3 Å². The molecule has 0 radical (unpaired) electrons. The maximum Gasteiger partial charge on any atom is 0.410 e. The number of amides is 2. The third kappa shape index (κ3) is 6.69. The lowest BCUT2D eigenvalue weighted by atomic mass is 10.1. The van der Waals surface area contributed by atoms with Gasteiger partial charge in [0, 0.05) is 64.7 Å². The average Bonchev–Trinajstić information content (AvgIpc) is 2.77. The molecule has 0 spiro atoms. The van der Waals surface area contributed by atoms with Gasteiger partial charge in [0.1, 0.15) is 17.5 Å². The minimum atomic E-state index is -0.527. The molecule has 3 rings (SSSR count). The van der Waals surface area contributed by atoms with E-state index in [-0.39, 0.29) is 24.1 Å². The van der Waals surface area contributed by atoms with E-state index in [2.05, 4.69) is 33.7 Å². The molecule has 1 atom stereocenters. The minimum Gasteiger partial charge on any atom is -0.474 e. The largest absolute Gasteiger partial charge is 0.474 e. The molecule has 2 fully saturated rings. The summed E-state index contributed by atoms with van der Waals surface area (Å²) >= 11 is 0. The van der Waals surface area contributed by atoms with Crippen molar-refractivity contribution in [1.29, 1.82) is 0 Å². The van der Waals surface area contributed by atoms with Gasteiger partial charge in [0.05, 0.1) is 7.11 Å². The van der Waals surface area contributed by atoms with Gasteiger partial charge in [-0.3, -0.25) is 9.63 Å². The summed E-state index contributed by atoms with van der Waals surface area (Å²) in [5.41, 5.74) is -0.527. The van der Waals surface area contributed by atoms with Crippen LogP contribution in [0.4, 0.5) is 10.6 Å². The number of aromatic nitrogens is 2. The molecule has 0 unspecified atom stereocenters. The first-order chi connectivity index (χ1) is 16.0. The number of likely N-dealkylation sites (tertiary alicyclic amines) is 1. The van der Waals surface area contributed by atoms with Crippen LogP contribution in [0.25, 0.3) is 0 Å². The van der Waals surface area contributed by atoms with E-state index in [0.29, 0.717) is 37.6 Å². The Bertz CT molecular complexity index is 868. The van der Waals surface area contributed by atoms with Gasteiger partial charge in [-0.15, -0.1) is 0 Å². The van der Waals surface area contributed by atoms with Crippen LogP contribution in [0.1, 0.15) is 51.2 Å². The number of piperazine rings is 1. The van der Waals surface area contributed by atoms with Crippen molar-refractivity contribution in [3.8, 4) is 5.88 Å². The standard InChI is InChI=1S/C23H38N6O5/c1-16-15-26(5)12-13-29(16)18-14-19(25-20(24-18)21(30)27(6)32-7)33-17-8-10-28(11-9-17)22(31)34-23(2,3)4/h14,16-17H,8-13,15H2,1-7H3/t16-/m0/s1. The van der Waals surface area contributed by atoms with Crippen molar-refractivity contribution in [3.05, 3.63) is 11.9 Å². The van der Waals surface area contributed by atoms with Crippen molar-refractivity contribution in [2.24, 2.45) is 0 Å². The van der Waals surface area contributed by atoms with E-state index in [4.69, 9.17) is 14.3 Å². The number of piperidine rings is 1. The molecule has 11 heteroatoms. The number of hydroxylamine groups is 2. The highest BCUT2D eigenvalue weighted by atomic mass is 16.7. The number of hydrogen-bond donors (Lipinski definition) is 0. The van der Waals surface area contributed by atoms with E-state index in [0.717, 1.165) is 24.7 Å². The van der Waals surface area contributed by atoms with Gasteiger partial charge in [0.25, 0.3) is 0 Å². The zero-order valence-corrected chi connectivity index (χ0v) is 21.4. The zero-order chi connectivity index (χ0) is 25.0. The number of likely N-dealkylation sites (N-methyl/N-ethyl adjacent to an activating group) is 1. The number of rotatable bonds is 5. The van der Waals surface area contributed by atoms with Crippen LogP contribution in [0.3, 0.4) is 0 Å². The van der Waals surface area contributed by atoms with Crippen molar-refractivity contribution in [3.63, 3.8) is 0 Å². The second-order valence-corrected chi connectivity index (χ2v) is 9.96. The quantitative estimate of drug-likeness (QED) is 0.588. The zero-order valence-electron chi connectivity index (χ0n) is 21.4.